The standard InChI is InChI=1S/C13H17N3O/c1-2-16-13(8-9-15-16)12(14)10-17-11-6-4-3-5-7-11/h3-9,12H,2,10,14H2,1H3. The summed E-state index contributed by atoms with van der Waals surface area (Å²) >= 11 is 0. The van der Waals surface area contributed by atoms with Crippen molar-refractivity contribution in [1.29, 1.82) is 0 Å². The van der Waals surface area contributed by atoms with Crippen molar-refractivity contribution in [3.63, 3.8) is 0 Å². The molecule has 4 nitrogen and oxygen atoms in total. The summed E-state index contributed by atoms with van der Waals surface area (Å²) in [4.78, 5) is 0. The van der Waals surface area contributed by atoms with Crippen LogP contribution < -0.4 is 10.5 Å². The summed E-state index contributed by atoms with van der Waals surface area (Å²) < 4.78 is 7.51. The number of benzene rings is 1. The maximum atomic E-state index is 6.08. The lowest BCUT2D eigenvalue weighted by molar-refractivity contribution is 0.284. The van der Waals surface area contributed by atoms with Crippen molar-refractivity contribution in [1.82, 2.24) is 9.78 Å². The Labute approximate surface area is 101 Å². The Morgan fingerprint density at radius 3 is 2.76 bits per heavy atom. The van der Waals surface area contributed by atoms with E-state index >= 15 is 0 Å². The number of aromatic nitrogens is 2. The van der Waals surface area contributed by atoms with Crippen molar-refractivity contribution in [2.45, 2.75) is 19.5 Å². The predicted octanol–water partition coefficient (Wildman–Crippen LogP) is 1.98. The van der Waals surface area contributed by atoms with E-state index in [2.05, 4.69) is 5.10 Å². The van der Waals surface area contributed by atoms with Gasteiger partial charge in [0, 0.05) is 12.7 Å². The molecule has 0 aliphatic carbocycles. The van der Waals surface area contributed by atoms with Crippen LogP contribution in [0.2, 0.25) is 0 Å². The molecule has 2 rings (SSSR count). The van der Waals surface area contributed by atoms with Crippen LogP contribution >= 0.6 is 0 Å². The second-order valence-corrected chi connectivity index (χ2v) is 3.80. The van der Waals surface area contributed by atoms with Crippen LogP contribution in [0.25, 0.3) is 0 Å². The summed E-state index contributed by atoms with van der Waals surface area (Å²) in [5, 5.41) is 4.19. The van der Waals surface area contributed by atoms with E-state index in [1.54, 1.807) is 6.20 Å². The molecule has 17 heavy (non-hydrogen) atoms. The smallest absolute Gasteiger partial charge is 0.119 e. The normalized spacial score (nSPS) is 12.4. The molecule has 0 spiro atoms. The van der Waals surface area contributed by atoms with Crippen LogP contribution in [-0.4, -0.2) is 16.4 Å². The lowest BCUT2D eigenvalue weighted by Crippen LogP contribution is -2.22. The minimum atomic E-state index is -0.155. The Kier molecular flexibility index (Phi) is 3.77. The zero-order chi connectivity index (χ0) is 12.1. The molecule has 0 fully saturated rings. The fourth-order valence-corrected chi connectivity index (χ4v) is 1.71. The second kappa shape index (κ2) is 5.50. The molecular formula is C13H17N3O. The first kappa shape index (κ1) is 11.7. The van der Waals surface area contributed by atoms with Crippen molar-refractivity contribution in [2.75, 3.05) is 6.61 Å². The first-order chi connectivity index (χ1) is 8.31. The van der Waals surface area contributed by atoms with Gasteiger partial charge in [-0.05, 0) is 25.1 Å². The summed E-state index contributed by atoms with van der Waals surface area (Å²) in [5.41, 5.74) is 7.08. The van der Waals surface area contributed by atoms with Gasteiger partial charge in [0.2, 0.25) is 0 Å². The number of nitrogens with zero attached hydrogens (tertiary/aromatic N) is 2. The van der Waals surface area contributed by atoms with Crippen molar-refractivity contribution >= 4 is 0 Å². The summed E-state index contributed by atoms with van der Waals surface area (Å²) in [5.74, 6) is 0.838. The van der Waals surface area contributed by atoms with Crippen molar-refractivity contribution in [3.8, 4) is 5.75 Å². The van der Waals surface area contributed by atoms with Crippen LogP contribution in [-0.2, 0) is 6.54 Å². The predicted molar refractivity (Wildman–Crippen MR) is 66.8 cm³/mol. The minimum absolute atomic E-state index is 0.155. The molecule has 1 aromatic carbocycles. The molecule has 0 aliphatic heterocycles. The molecule has 0 radical (unpaired) electrons. The largest absolute Gasteiger partial charge is 0.492 e. The van der Waals surface area contributed by atoms with Gasteiger partial charge in [0.05, 0.1) is 11.7 Å². The van der Waals surface area contributed by atoms with E-state index < -0.39 is 0 Å². The Balaban J connectivity index is 1.96. The molecule has 0 amide bonds. The maximum Gasteiger partial charge on any atom is 0.119 e. The second-order valence-electron chi connectivity index (χ2n) is 3.80. The van der Waals surface area contributed by atoms with Crippen molar-refractivity contribution in [3.05, 3.63) is 48.3 Å². The van der Waals surface area contributed by atoms with E-state index in [0.29, 0.717) is 6.61 Å². The van der Waals surface area contributed by atoms with Crippen LogP contribution in [0.1, 0.15) is 18.7 Å². The molecule has 90 valence electrons. The maximum absolute atomic E-state index is 6.08. The van der Waals surface area contributed by atoms with Crippen LogP contribution in [0.15, 0.2) is 42.6 Å². The molecular weight excluding hydrogens is 214 g/mol. The highest BCUT2D eigenvalue weighted by Gasteiger charge is 2.11. The highest BCUT2D eigenvalue weighted by molar-refractivity contribution is 5.21. The number of aryl methyl sites for hydroxylation is 1. The minimum Gasteiger partial charge on any atom is -0.492 e. The number of hydrogen-bond donors (Lipinski definition) is 1. The molecule has 2 aromatic rings. The third-order valence-corrected chi connectivity index (χ3v) is 2.60. The summed E-state index contributed by atoms with van der Waals surface area (Å²) in [6.07, 6.45) is 1.77. The third-order valence-electron chi connectivity index (χ3n) is 2.60. The fraction of sp³-hybridized carbons (Fsp3) is 0.308. The van der Waals surface area contributed by atoms with E-state index in [4.69, 9.17) is 10.5 Å². The fourth-order valence-electron chi connectivity index (χ4n) is 1.71. The van der Waals surface area contributed by atoms with E-state index in [0.717, 1.165) is 18.0 Å². The molecule has 0 aliphatic rings. The number of para-hydroxylation sites is 1. The highest BCUT2D eigenvalue weighted by atomic mass is 16.5. The molecule has 0 saturated carbocycles. The summed E-state index contributed by atoms with van der Waals surface area (Å²) in [6, 6.07) is 11.5. The highest BCUT2D eigenvalue weighted by Crippen LogP contribution is 2.14. The Morgan fingerprint density at radius 1 is 1.29 bits per heavy atom. The molecule has 0 bridgehead atoms. The van der Waals surface area contributed by atoms with Gasteiger partial charge >= 0.3 is 0 Å². The van der Waals surface area contributed by atoms with E-state index in [1.165, 1.54) is 0 Å². The monoisotopic (exact) mass is 231 g/mol. The van der Waals surface area contributed by atoms with Crippen molar-refractivity contribution in [2.24, 2.45) is 5.73 Å². The number of rotatable bonds is 5. The average molecular weight is 231 g/mol. The molecule has 1 heterocycles. The van der Waals surface area contributed by atoms with E-state index in [9.17, 15) is 0 Å². The van der Waals surface area contributed by atoms with Crippen LogP contribution in [0.3, 0.4) is 0 Å². The zero-order valence-corrected chi connectivity index (χ0v) is 9.91. The first-order valence-corrected chi connectivity index (χ1v) is 5.76. The lowest BCUT2D eigenvalue weighted by atomic mass is 10.2. The zero-order valence-electron chi connectivity index (χ0n) is 9.91. The van der Waals surface area contributed by atoms with Crippen molar-refractivity contribution < 1.29 is 4.74 Å². The average Bonchev–Trinajstić information content (AvgIpc) is 2.85. The number of nitrogens with two attached hydrogens (primary N) is 1. The van der Waals surface area contributed by atoms with Gasteiger partial charge in [-0.15, -0.1) is 0 Å². The van der Waals surface area contributed by atoms with E-state index in [-0.39, 0.29) is 6.04 Å². The van der Waals surface area contributed by atoms with Gasteiger partial charge in [-0.1, -0.05) is 18.2 Å². The van der Waals surface area contributed by atoms with Gasteiger partial charge in [0.1, 0.15) is 12.4 Å². The van der Waals surface area contributed by atoms with Crippen LogP contribution in [0.5, 0.6) is 5.75 Å². The topological polar surface area (TPSA) is 53.1 Å². The Hall–Kier alpha value is -1.81. The van der Waals surface area contributed by atoms with Crippen LogP contribution in [0, 0.1) is 0 Å². The molecule has 1 unspecified atom stereocenters. The Bertz CT molecular complexity index is 453. The quantitative estimate of drug-likeness (QED) is 0.856. The first-order valence-electron chi connectivity index (χ1n) is 5.76. The molecule has 1 aromatic heterocycles. The van der Waals surface area contributed by atoms with Gasteiger partial charge in [-0.2, -0.15) is 5.10 Å². The SMILES string of the molecule is CCn1nccc1C(N)COc1ccccc1. The summed E-state index contributed by atoms with van der Waals surface area (Å²) in [6.45, 7) is 3.32. The van der Waals surface area contributed by atoms with Gasteiger partial charge in [0.25, 0.3) is 0 Å². The number of hydrogen-bond acceptors (Lipinski definition) is 3. The van der Waals surface area contributed by atoms with E-state index in [1.807, 2.05) is 48.0 Å². The third kappa shape index (κ3) is 2.85. The molecule has 2 N–H and O–H groups in total. The van der Waals surface area contributed by atoms with Gasteiger partial charge in [-0.25, -0.2) is 0 Å². The van der Waals surface area contributed by atoms with Gasteiger partial charge in [0.15, 0.2) is 0 Å². The molecule has 0 saturated heterocycles. The Morgan fingerprint density at radius 2 is 2.06 bits per heavy atom. The summed E-state index contributed by atoms with van der Waals surface area (Å²) in [7, 11) is 0. The number of ether oxygens (including phenoxy) is 1. The molecule has 4 heteroatoms. The lowest BCUT2D eigenvalue weighted by Gasteiger charge is -2.14. The van der Waals surface area contributed by atoms with Crippen LogP contribution in [0.4, 0.5) is 0 Å². The molecule has 1 atom stereocenters. The van der Waals surface area contributed by atoms with Gasteiger partial charge in [-0.3, -0.25) is 4.68 Å². The van der Waals surface area contributed by atoms with Gasteiger partial charge < -0.3 is 10.5 Å².